The number of nitrogens with zero attached hydrogens (tertiary/aromatic N) is 2. The van der Waals surface area contributed by atoms with Gasteiger partial charge in [-0.05, 0) is 75.4 Å². The Morgan fingerprint density at radius 2 is 1.78 bits per heavy atom. The zero-order valence-electron chi connectivity index (χ0n) is 26.3. The monoisotopic (exact) mass is 619 g/mol. The Morgan fingerprint density at radius 1 is 1.02 bits per heavy atom. The maximum absolute atomic E-state index is 13.2. The number of oxazole rings is 1. The smallest absolute Gasteiger partial charge is 0.307 e. The lowest BCUT2D eigenvalue weighted by Gasteiger charge is -2.44. The number of rotatable bonds is 17. The van der Waals surface area contributed by atoms with Crippen molar-refractivity contribution in [2.75, 3.05) is 39.4 Å². The molecule has 45 heavy (non-hydrogen) atoms. The quantitative estimate of drug-likeness (QED) is 0.122. The Balaban J connectivity index is 1.15. The van der Waals surface area contributed by atoms with Crippen molar-refractivity contribution in [2.45, 2.75) is 70.9 Å². The molecule has 3 aliphatic rings. The Bertz CT molecular complexity index is 1350. The third-order valence-electron chi connectivity index (χ3n) is 8.47. The van der Waals surface area contributed by atoms with Gasteiger partial charge in [0.2, 0.25) is 5.89 Å². The van der Waals surface area contributed by atoms with E-state index in [-0.39, 0.29) is 48.9 Å². The van der Waals surface area contributed by atoms with Gasteiger partial charge < -0.3 is 28.7 Å². The maximum atomic E-state index is 13.2. The predicted octanol–water partition coefficient (Wildman–Crippen LogP) is 5.32. The van der Waals surface area contributed by atoms with Crippen LogP contribution in [0, 0.1) is 5.92 Å². The van der Waals surface area contributed by atoms with E-state index in [1.54, 1.807) is 0 Å². The predicted molar refractivity (Wildman–Crippen MR) is 168 cm³/mol. The summed E-state index contributed by atoms with van der Waals surface area (Å²) in [7, 11) is 0. The molecule has 1 N–H and O–H groups in total. The third kappa shape index (κ3) is 9.39. The summed E-state index contributed by atoms with van der Waals surface area (Å²) >= 11 is 0. The number of carbonyl (C=O) groups excluding carboxylic acids is 2. The molecule has 2 atom stereocenters. The number of hydrogen-bond acceptors (Lipinski definition) is 9. The summed E-state index contributed by atoms with van der Waals surface area (Å²) in [5, 5.41) is 2.86. The van der Waals surface area contributed by atoms with E-state index in [2.05, 4.69) is 15.2 Å². The third-order valence-corrected chi connectivity index (χ3v) is 8.47. The molecule has 10 heteroatoms. The minimum absolute atomic E-state index is 0.0213. The fourth-order valence-corrected chi connectivity index (χ4v) is 6.14. The number of nitrogens with one attached hydrogen (secondary N) is 1. The van der Waals surface area contributed by atoms with Crippen molar-refractivity contribution in [2.24, 2.45) is 5.92 Å². The van der Waals surface area contributed by atoms with Crippen molar-refractivity contribution < 1.29 is 33.0 Å². The summed E-state index contributed by atoms with van der Waals surface area (Å²) in [5.74, 6) is 0.695. The molecule has 242 valence electrons. The molecule has 0 spiro atoms. The highest BCUT2D eigenvalue weighted by molar-refractivity contribution is 5.91. The number of benzene rings is 2. The molecule has 3 aliphatic heterocycles. The van der Waals surface area contributed by atoms with Crippen molar-refractivity contribution in [3.63, 3.8) is 0 Å². The lowest BCUT2D eigenvalue weighted by Crippen LogP contribution is -2.52. The van der Waals surface area contributed by atoms with Crippen LogP contribution in [0.25, 0.3) is 0 Å². The number of piperidine rings is 3. The largest absolute Gasteiger partial charge is 0.484 e. The van der Waals surface area contributed by atoms with Crippen LogP contribution in [0.5, 0.6) is 5.75 Å². The van der Waals surface area contributed by atoms with E-state index in [4.69, 9.17) is 23.4 Å². The number of aromatic nitrogens is 1. The van der Waals surface area contributed by atoms with Gasteiger partial charge >= 0.3 is 5.97 Å². The topological polar surface area (TPSA) is 112 Å². The zero-order chi connectivity index (χ0) is 31.4. The summed E-state index contributed by atoms with van der Waals surface area (Å²) in [6.07, 6.45) is 4.88. The minimum Gasteiger partial charge on any atom is -0.484 e. The molecular formula is C35H45N3O7. The van der Waals surface area contributed by atoms with Gasteiger partial charge in [0.15, 0.2) is 18.6 Å². The van der Waals surface area contributed by atoms with Crippen LogP contribution in [-0.2, 0) is 25.6 Å². The lowest BCUT2D eigenvalue weighted by molar-refractivity contribution is -0.159. The number of carbonyl (C=O) groups is 2. The summed E-state index contributed by atoms with van der Waals surface area (Å²) < 4.78 is 28.6. The van der Waals surface area contributed by atoms with Crippen LogP contribution < -0.4 is 10.1 Å². The molecular weight excluding hydrogens is 574 g/mol. The van der Waals surface area contributed by atoms with E-state index >= 15 is 0 Å². The van der Waals surface area contributed by atoms with E-state index in [0.717, 1.165) is 43.6 Å². The highest BCUT2D eigenvalue weighted by Gasteiger charge is 2.37. The van der Waals surface area contributed by atoms with Crippen molar-refractivity contribution in [3.8, 4) is 5.75 Å². The van der Waals surface area contributed by atoms with Crippen LogP contribution in [0.2, 0.25) is 0 Å². The van der Waals surface area contributed by atoms with Crippen LogP contribution in [-0.4, -0.2) is 73.5 Å². The molecule has 0 radical (unpaired) electrons. The number of esters is 1. The average molecular weight is 620 g/mol. The van der Waals surface area contributed by atoms with Gasteiger partial charge in [0, 0.05) is 38.6 Å². The number of ether oxygens (including phenoxy) is 4. The first-order chi connectivity index (χ1) is 22.0. The Labute approximate surface area is 265 Å². The molecule has 4 heterocycles. The summed E-state index contributed by atoms with van der Waals surface area (Å²) in [6.45, 7) is 8.57. The van der Waals surface area contributed by atoms with Gasteiger partial charge in [0.05, 0.1) is 6.42 Å². The van der Waals surface area contributed by atoms with Gasteiger partial charge in [-0.25, -0.2) is 4.98 Å². The van der Waals surface area contributed by atoms with Crippen molar-refractivity contribution in [1.29, 1.82) is 0 Å². The SMILES string of the molecule is CCOC(CCCNC(=O)c1coc(COc2cccc([C@@H](CC(=O)O[C@H]3CN4CCC3CC4)c3ccccc3)c2)n1)OCC. The van der Waals surface area contributed by atoms with E-state index in [9.17, 15) is 9.59 Å². The van der Waals surface area contributed by atoms with E-state index in [1.807, 2.05) is 68.4 Å². The van der Waals surface area contributed by atoms with Crippen LogP contribution in [0.3, 0.4) is 0 Å². The zero-order valence-corrected chi connectivity index (χ0v) is 26.3. The molecule has 3 aromatic rings. The Hall–Kier alpha value is -3.73. The van der Waals surface area contributed by atoms with Gasteiger partial charge in [-0.2, -0.15) is 0 Å². The highest BCUT2D eigenvalue weighted by Crippen LogP contribution is 2.33. The van der Waals surface area contributed by atoms with Gasteiger partial charge in [-0.1, -0.05) is 42.5 Å². The average Bonchev–Trinajstić information content (AvgIpc) is 3.55. The number of fused-ring (bicyclic) bond motifs is 3. The second kappa shape index (κ2) is 16.5. The second-order valence-electron chi connectivity index (χ2n) is 11.6. The van der Waals surface area contributed by atoms with E-state index < -0.39 is 0 Å². The fraction of sp³-hybridized carbons (Fsp3) is 0.514. The number of hydrogen-bond donors (Lipinski definition) is 1. The van der Waals surface area contributed by atoms with E-state index in [1.165, 1.54) is 6.26 Å². The summed E-state index contributed by atoms with van der Waals surface area (Å²) in [6, 6.07) is 17.7. The van der Waals surface area contributed by atoms with Gasteiger partial charge in [0.1, 0.15) is 18.1 Å². The maximum Gasteiger partial charge on any atom is 0.307 e. The molecule has 1 aromatic heterocycles. The van der Waals surface area contributed by atoms with Crippen LogP contribution in [0.1, 0.15) is 79.4 Å². The molecule has 3 fully saturated rings. The van der Waals surface area contributed by atoms with Crippen molar-refractivity contribution >= 4 is 11.9 Å². The molecule has 0 aliphatic carbocycles. The Morgan fingerprint density at radius 3 is 2.49 bits per heavy atom. The first-order valence-electron chi connectivity index (χ1n) is 16.2. The molecule has 2 bridgehead atoms. The standard InChI is InChI=1S/C35H45N3O7/c1-3-41-34(42-4-2)14-9-17-36-35(40)30-23-44-32(37-30)24-43-28-13-8-12-27(20-28)29(25-10-6-5-7-11-25)21-33(39)45-31-22-38-18-15-26(31)16-19-38/h5-8,10-13,20,23,26,29,31,34H,3-4,9,14-19,21-22,24H2,1-2H3,(H,36,40)/t29-,31-/m0/s1. The summed E-state index contributed by atoms with van der Waals surface area (Å²) in [4.78, 5) is 32.5. The van der Waals surface area contributed by atoms with Crippen LogP contribution in [0.4, 0.5) is 0 Å². The van der Waals surface area contributed by atoms with Crippen LogP contribution >= 0.6 is 0 Å². The molecule has 1 amide bonds. The normalized spacial score (nSPS) is 19.8. The molecule has 3 saturated heterocycles. The molecule has 6 rings (SSSR count). The van der Waals surface area contributed by atoms with Gasteiger partial charge in [-0.15, -0.1) is 0 Å². The van der Waals surface area contributed by atoms with Crippen LogP contribution in [0.15, 0.2) is 65.3 Å². The summed E-state index contributed by atoms with van der Waals surface area (Å²) in [5.41, 5.74) is 2.18. The lowest BCUT2D eigenvalue weighted by atomic mass is 9.85. The van der Waals surface area contributed by atoms with Crippen molar-refractivity contribution in [3.05, 3.63) is 83.6 Å². The Kier molecular flexibility index (Phi) is 12.0. The van der Waals surface area contributed by atoms with Gasteiger partial charge in [-0.3, -0.25) is 14.5 Å². The fourth-order valence-electron chi connectivity index (χ4n) is 6.14. The highest BCUT2D eigenvalue weighted by atomic mass is 16.7. The van der Waals surface area contributed by atoms with Crippen molar-refractivity contribution in [1.82, 2.24) is 15.2 Å². The molecule has 0 saturated carbocycles. The molecule has 0 unspecified atom stereocenters. The first-order valence-corrected chi connectivity index (χ1v) is 16.2. The molecule has 10 nitrogen and oxygen atoms in total. The second-order valence-corrected chi connectivity index (χ2v) is 11.6. The van der Waals surface area contributed by atoms with E-state index in [0.29, 0.717) is 50.2 Å². The molecule has 2 aromatic carbocycles. The first kappa shape index (κ1) is 32.7. The van der Waals surface area contributed by atoms with Gasteiger partial charge in [0.25, 0.3) is 5.91 Å². The minimum atomic E-state index is -0.313. The number of amides is 1.